The number of rotatable bonds is 10. The van der Waals surface area contributed by atoms with E-state index in [1.807, 2.05) is 6.07 Å². The SMILES string of the molecule is Cc1ccc2c(c1)c1c3c(ccc1n2-c1ccccc1-c1nc(-c2ccccc2)nc(-n2c4ccc(-c5cc(-c6ccccc6)cc(-c6ccccc6)c5)cc4c4cc(-c5cc(-c6ccccc6)cc(-c6ccccc6)c5)ccc42)n1)C3. The number of aryl methyl sites for hydroxylation is 1. The maximum Gasteiger partial charge on any atom is 0.238 e. The Morgan fingerprint density at radius 1 is 0.293 bits per heavy atom. The minimum absolute atomic E-state index is 0.539. The van der Waals surface area contributed by atoms with Crippen LogP contribution in [0.25, 0.3) is 145 Å². The number of hydrogen-bond donors (Lipinski definition) is 0. The Morgan fingerprint density at radius 3 is 1.22 bits per heavy atom. The van der Waals surface area contributed by atoms with Crippen LogP contribution < -0.4 is 0 Å². The first kappa shape index (κ1) is 47.3. The van der Waals surface area contributed by atoms with Crippen LogP contribution in [0.1, 0.15) is 16.7 Å². The van der Waals surface area contributed by atoms with Crippen LogP contribution in [0.5, 0.6) is 0 Å². The first-order valence-electron chi connectivity index (χ1n) is 28.1. The second-order valence-corrected chi connectivity index (χ2v) is 21.7. The van der Waals surface area contributed by atoms with E-state index in [-0.39, 0.29) is 0 Å². The zero-order chi connectivity index (χ0) is 54.3. The first-order valence-corrected chi connectivity index (χ1v) is 28.1. The molecule has 0 radical (unpaired) electrons. The van der Waals surface area contributed by atoms with Crippen molar-refractivity contribution in [1.82, 2.24) is 24.1 Å². The molecule has 12 aromatic carbocycles. The van der Waals surface area contributed by atoms with E-state index in [1.165, 1.54) is 55.2 Å². The molecule has 1 aliphatic carbocycles. The third-order valence-corrected chi connectivity index (χ3v) is 16.5. The number of nitrogens with zero attached hydrogens (tertiary/aromatic N) is 5. The predicted molar refractivity (Wildman–Crippen MR) is 340 cm³/mol. The van der Waals surface area contributed by atoms with Gasteiger partial charge in [-0.3, -0.25) is 4.57 Å². The molecule has 384 valence electrons. The highest BCUT2D eigenvalue weighted by atomic mass is 15.2. The van der Waals surface area contributed by atoms with Gasteiger partial charge in [0.15, 0.2) is 11.6 Å². The fourth-order valence-electron chi connectivity index (χ4n) is 12.4. The topological polar surface area (TPSA) is 48.5 Å². The number of para-hydroxylation sites is 1. The molecule has 0 N–H and O–H groups in total. The average Bonchev–Trinajstić information content (AvgIpc) is 3.62. The van der Waals surface area contributed by atoms with Crippen molar-refractivity contribution in [2.75, 3.05) is 0 Å². The summed E-state index contributed by atoms with van der Waals surface area (Å²) in [7, 11) is 0. The van der Waals surface area contributed by atoms with E-state index >= 15 is 0 Å². The molecule has 0 atom stereocenters. The van der Waals surface area contributed by atoms with E-state index in [4.69, 9.17) is 15.0 Å². The summed E-state index contributed by atoms with van der Waals surface area (Å²) in [6.45, 7) is 2.18. The van der Waals surface area contributed by atoms with Crippen molar-refractivity contribution in [3.8, 4) is 101 Å². The number of hydrogen-bond acceptors (Lipinski definition) is 3. The Balaban J connectivity index is 0.945. The van der Waals surface area contributed by atoms with Crippen molar-refractivity contribution in [2.45, 2.75) is 13.3 Å². The Morgan fingerprint density at radius 2 is 0.707 bits per heavy atom. The molecule has 15 aromatic rings. The standard InChI is InChI=1S/C77H51N5/c1-49-31-35-72-68(39-49)74-65-48-57(65)34-38-73(74)81(72)69-30-18-17-29-64(69)76-78-75(54-27-15-6-16-28-54)79-77(80-76)82-70-36-32-55(62-42-58(50-19-7-2-8-20-50)40-59(43-62)51-21-9-3-10-22-51)46-66(70)67-47-56(33-37-71(67)82)63-44-60(52-23-11-4-12-24-52)41-61(45-63)53-25-13-5-14-26-53/h2-47H,48H2,1H3. The van der Waals surface area contributed by atoms with Crippen molar-refractivity contribution < 1.29 is 0 Å². The molecule has 0 fully saturated rings. The van der Waals surface area contributed by atoms with Gasteiger partial charge >= 0.3 is 0 Å². The molecule has 3 aromatic heterocycles. The van der Waals surface area contributed by atoms with Crippen molar-refractivity contribution in [2.24, 2.45) is 0 Å². The summed E-state index contributed by atoms with van der Waals surface area (Å²) in [4.78, 5) is 16.5. The zero-order valence-corrected chi connectivity index (χ0v) is 45.0. The largest absolute Gasteiger partial charge is 0.308 e. The predicted octanol–water partition coefficient (Wildman–Crippen LogP) is 19.6. The minimum atomic E-state index is 0.539. The van der Waals surface area contributed by atoms with Gasteiger partial charge in [-0.1, -0.05) is 194 Å². The molecule has 0 saturated carbocycles. The summed E-state index contributed by atoms with van der Waals surface area (Å²) in [5.41, 5.74) is 25.1. The van der Waals surface area contributed by atoms with Crippen LogP contribution in [-0.2, 0) is 6.42 Å². The Bertz CT molecular complexity index is 4690. The molecule has 5 nitrogen and oxygen atoms in total. The summed E-state index contributed by atoms with van der Waals surface area (Å²) in [6, 6.07) is 101. The van der Waals surface area contributed by atoms with Gasteiger partial charge in [-0.15, -0.1) is 0 Å². The maximum absolute atomic E-state index is 5.61. The summed E-state index contributed by atoms with van der Waals surface area (Å²) in [5, 5.41) is 4.79. The highest BCUT2D eigenvalue weighted by Gasteiger charge is 2.27. The molecule has 16 rings (SSSR count). The summed E-state index contributed by atoms with van der Waals surface area (Å²) >= 11 is 0. The van der Waals surface area contributed by atoms with Gasteiger partial charge < -0.3 is 4.57 Å². The highest BCUT2D eigenvalue weighted by Crippen LogP contribution is 2.45. The quantitative estimate of drug-likeness (QED) is 0.137. The van der Waals surface area contributed by atoms with Gasteiger partial charge in [0.25, 0.3) is 0 Å². The van der Waals surface area contributed by atoms with Gasteiger partial charge in [0.05, 0.1) is 27.8 Å². The lowest BCUT2D eigenvalue weighted by molar-refractivity contribution is 0.951. The van der Waals surface area contributed by atoms with Crippen molar-refractivity contribution >= 4 is 43.6 Å². The van der Waals surface area contributed by atoms with Gasteiger partial charge in [0.2, 0.25) is 5.95 Å². The average molecular weight is 1050 g/mol. The number of aromatic nitrogens is 5. The Hall–Kier alpha value is -10.8. The molecule has 0 aliphatic heterocycles. The second-order valence-electron chi connectivity index (χ2n) is 21.7. The van der Waals surface area contributed by atoms with Crippen LogP contribution in [-0.4, -0.2) is 24.1 Å². The Kier molecular flexibility index (Phi) is 11.1. The number of benzene rings is 12. The molecule has 5 heteroatoms. The monoisotopic (exact) mass is 1050 g/mol. The lowest BCUT2D eigenvalue weighted by atomic mass is 9.92. The van der Waals surface area contributed by atoms with Gasteiger partial charge in [0.1, 0.15) is 0 Å². The van der Waals surface area contributed by atoms with Crippen molar-refractivity contribution in [3.63, 3.8) is 0 Å². The maximum atomic E-state index is 5.61. The molecule has 1 aliphatic rings. The summed E-state index contributed by atoms with van der Waals surface area (Å²) in [6.07, 6.45) is 1.03. The Labute approximate surface area is 475 Å². The van der Waals surface area contributed by atoms with Crippen LogP contribution in [0.2, 0.25) is 0 Å². The van der Waals surface area contributed by atoms with Crippen LogP contribution in [0.4, 0.5) is 0 Å². The lowest BCUT2D eigenvalue weighted by Gasteiger charge is -2.15. The first-order chi connectivity index (χ1) is 40.5. The normalized spacial score (nSPS) is 11.9. The molecule has 0 amide bonds. The van der Waals surface area contributed by atoms with E-state index in [1.54, 1.807) is 0 Å². The molecule has 0 bridgehead atoms. The minimum Gasteiger partial charge on any atom is -0.308 e. The van der Waals surface area contributed by atoms with Crippen LogP contribution in [0, 0.1) is 6.92 Å². The van der Waals surface area contributed by atoms with Crippen molar-refractivity contribution in [1.29, 1.82) is 0 Å². The van der Waals surface area contributed by atoms with Crippen LogP contribution in [0.3, 0.4) is 0 Å². The molecule has 82 heavy (non-hydrogen) atoms. The molecule has 0 saturated heterocycles. The fraction of sp³-hybridized carbons (Fsp3) is 0.0260. The molecule has 0 spiro atoms. The van der Waals surface area contributed by atoms with Crippen LogP contribution >= 0.6 is 0 Å². The molecule has 0 unspecified atom stereocenters. The summed E-state index contributed by atoms with van der Waals surface area (Å²) in [5.74, 6) is 1.73. The van der Waals surface area contributed by atoms with E-state index < -0.39 is 0 Å². The van der Waals surface area contributed by atoms with Crippen LogP contribution in [0.15, 0.2) is 279 Å². The van der Waals surface area contributed by atoms with E-state index in [0.717, 1.165) is 95.1 Å². The lowest BCUT2D eigenvalue weighted by Crippen LogP contribution is -2.07. The third-order valence-electron chi connectivity index (χ3n) is 16.5. The van der Waals surface area contributed by atoms with Gasteiger partial charge in [0, 0.05) is 32.7 Å². The van der Waals surface area contributed by atoms with E-state index in [9.17, 15) is 0 Å². The number of fused-ring (bicyclic) bond motifs is 8. The molecule has 3 heterocycles. The second kappa shape index (κ2) is 19.3. The van der Waals surface area contributed by atoms with Gasteiger partial charge in [-0.2, -0.15) is 9.97 Å². The van der Waals surface area contributed by atoms with Gasteiger partial charge in [-0.05, 0) is 182 Å². The molecular formula is C77H51N5. The summed E-state index contributed by atoms with van der Waals surface area (Å²) < 4.78 is 4.67. The van der Waals surface area contributed by atoms with Crippen molar-refractivity contribution in [3.05, 3.63) is 296 Å². The zero-order valence-electron chi connectivity index (χ0n) is 45.0. The molecular weight excluding hydrogens is 995 g/mol. The van der Waals surface area contributed by atoms with Gasteiger partial charge in [-0.25, -0.2) is 4.98 Å². The third kappa shape index (κ3) is 8.21. The smallest absolute Gasteiger partial charge is 0.238 e. The fourth-order valence-corrected chi connectivity index (χ4v) is 12.4. The highest BCUT2D eigenvalue weighted by molar-refractivity contribution is 6.14. The van der Waals surface area contributed by atoms with E-state index in [0.29, 0.717) is 17.6 Å². The van der Waals surface area contributed by atoms with E-state index in [2.05, 4.69) is 289 Å².